The summed E-state index contributed by atoms with van der Waals surface area (Å²) in [5, 5.41) is 4.61. The van der Waals surface area contributed by atoms with Gasteiger partial charge in [-0.15, -0.1) is 11.3 Å². The summed E-state index contributed by atoms with van der Waals surface area (Å²) in [6.45, 7) is 0. The molecule has 0 aliphatic rings. The SMILES string of the molecule is COc1ccc(S(=O)(=O)Nc2nc(CC(=O)Nc3ccccc3)cs2)cc1. The molecule has 0 radical (unpaired) electrons. The second kappa shape index (κ2) is 8.19. The Hall–Kier alpha value is -2.91. The summed E-state index contributed by atoms with van der Waals surface area (Å²) >= 11 is 1.12. The Balaban J connectivity index is 1.63. The van der Waals surface area contributed by atoms with Gasteiger partial charge in [-0.05, 0) is 36.4 Å². The third kappa shape index (κ3) is 5.05. The molecule has 9 heteroatoms. The van der Waals surface area contributed by atoms with E-state index in [2.05, 4.69) is 15.0 Å². The van der Waals surface area contributed by atoms with E-state index in [1.807, 2.05) is 18.2 Å². The second-order valence-electron chi connectivity index (χ2n) is 5.52. The monoisotopic (exact) mass is 403 g/mol. The number of carbonyl (C=O) groups is 1. The fourth-order valence-electron chi connectivity index (χ4n) is 2.25. The van der Waals surface area contributed by atoms with Gasteiger partial charge in [-0.1, -0.05) is 18.2 Å². The fourth-order valence-corrected chi connectivity index (χ4v) is 4.22. The number of anilines is 2. The van der Waals surface area contributed by atoms with Crippen LogP contribution < -0.4 is 14.8 Å². The number of nitrogens with zero attached hydrogens (tertiary/aromatic N) is 1. The van der Waals surface area contributed by atoms with Crippen molar-refractivity contribution >= 4 is 38.1 Å². The number of carbonyl (C=O) groups excluding carboxylic acids is 1. The molecule has 2 N–H and O–H groups in total. The fraction of sp³-hybridized carbons (Fsp3) is 0.111. The van der Waals surface area contributed by atoms with Crippen LogP contribution in [-0.2, 0) is 21.2 Å². The molecule has 2 aromatic carbocycles. The average molecular weight is 403 g/mol. The van der Waals surface area contributed by atoms with Crippen LogP contribution in [0, 0.1) is 0 Å². The topological polar surface area (TPSA) is 97.4 Å². The molecule has 0 aliphatic heterocycles. The van der Waals surface area contributed by atoms with Crippen molar-refractivity contribution in [3.05, 3.63) is 65.7 Å². The van der Waals surface area contributed by atoms with Crippen LogP contribution in [0.3, 0.4) is 0 Å². The van der Waals surface area contributed by atoms with Gasteiger partial charge in [0, 0.05) is 11.1 Å². The van der Waals surface area contributed by atoms with Crippen molar-refractivity contribution in [1.29, 1.82) is 0 Å². The Morgan fingerprint density at radius 2 is 1.81 bits per heavy atom. The number of thiazole rings is 1. The number of aromatic nitrogens is 1. The average Bonchev–Trinajstić information content (AvgIpc) is 3.08. The first-order valence-corrected chi connectivity index (χ1v) is 10.3. The highest BCUT2D eigenvalue weighted by atomic mass is 32.2. The Kier molecular flexibility index (Phi) is 5.72. The zero-order valence-electron chi connectivity index (χ0n) is 14.4. The normalized spacial score (nSPS) is 11.0. The number of hydrogen-bond donors (Lipinski definition) is 2. The maximum Gasteiger partial charge on any atom is 0.263 e. The van der Waals surface area contributed by atoms with E-state index in [-0.39, 0.29) is 22.4 Å². The lowest BCUT2D eigenvalue weighted by atomic mass is 10.3. The van der Waals surface area contributed by atoms with E-state index in [9.17, 15) is 13.2 Å². The number of ether oxygens (including phenoxy) is 1. The van der Waals surface area contributed by atoms with Gasteiger partial charge in [0.05, 0.1) is 24.1 Å². The van der Waals surface area contributed by atoms with Gasteiger partial charge in [-0.2, -0.15) is 0 Å². The van der Waals surface area contributed by atoms with Gasteiger partial charge < -0.3 is 10.1 Å². The molecule has 0 spiro atoms. The van der Waals surface area contributed by atoms with Crippen LogP contribution in [-0.4, -0.2) is 26.4 Å². The van der Waals surface area contributed by atoms with Gasteiger partial charge in [0.1, 0.15) is 5.75 Å². The van der Waals surface area contributed by atoms with Crippen LogP contribution >= 0.6 is 11.3 Å². The summed E-state index contributed by atoms with van der Waals surface area (Å²) in [5.74, 6) is 0.339. The second-order valence-corrected chi connectivity index (χ2v) is 8.06. The van der Waals surface area contributed by atoms with E-state index < -0.39 is 10.0 Å². The predicted octanol–water partition coefficient (Wildman–Crippen LogP) is 3.13. The number of sulfonamides is 1. The molecule has 0 unspecified atom stereocenters. The highest BCUT2D eigenvalue weighted by Crippen LogP contribution is 2.22. The Morgan fingerprint density at radius 1 is 1.11 bits per heavy atom. The molecule has 1 amide bonds. The van der Waals surface area contributed by atoms with E-state index in [0.717, 1.165) is 11.3 Å². The number of methoxy groups -OCH3 is 1. The number of hydrogen-bond acceptors (Lipinski definition) is 6. The van der Waals surface area contributed by atoms with E-state index in [4.69, 9.17) is 4.74 Å². The first-order chi connectivity index (χ1) is 13.0. The quantitative estimate of drug-likeness (QED) is 0.632. The van der Waals surface area contributed by atoms with Crippen molar-refractivity contribution < 1.29 is 17.9 Å². The molecule has 1 heterocycles. The lowest BCUT2D eigenvalue weighted by molar-refractivity contribution is -0.115. The molecule has 0 saturated heterocycles. The summed E-state index contributed by atoms with van der Waals surface area (Å²) in [5.41, 5.74) is 1.18. The van der Waals surface area contributed by atoms with Gasteiger partial charge in [0.2, 0.25) is 5.91 Å². The van der Waals surface area contributed by atoms with Crippen LogP contribution in [0.1, 0.15) is 5.69 Å². The number of amides is 1. The first-order valence-electron chi connectivity index (χ1n) is 7.92. The van der Waals surface area contributed by atoms with Crippen molar-refractivity contribution in [3.8, 4) is 5.75 Å². The zero-order valence-corrected chi connectivity index (χ0v) is 16.0. The van der Waals surface area contributed by atoms with Crippen molar-refractivity contribution in [2.75, 3.05) is 17.1 Å². The van der Waals surface area contributed by atoms with E-state index >= 15 is 0 Å². The summed E-state index contributed by atoms with van der Waals surface area (Å²) in [6.07, 6.45) is 0.0512. The van der Waals surface area contributed by atoms with Gasteiger partial charge in [-0.25, -0.2) is 13.4 Å². The predicted molar refractivity (Wildman–Crippen MR) is 105 cm³/mol. The molecule has 3 rings (SSSR count). The lowest BCUT2D eigenvalue weighted by Crippen LogP contribution is -2.15. The highest BCUT2D eigenvalue weighted by molar-refractivity contribution is 7.93. The molecular formula is C18H17N3O4S2. The molecule has 1 aromatic heterocycles. The molecule has 140 valence electrons. The third-order valence-corrected chi connectivity index (χ3v) is 5.83. The number of rotatable bonds is 7. The largest absolute Gasteiger partial charge is 0.497 e. The van der Waals surface area contributed by atoms with Crippen LogP contribution in [0.2, 0.25) is 0 Å². The van der Waals surface area contributed by atoms with Crippen molar-refractivity contribution in [1.82, 2.24) is 4.98 Å². The van der Waals surface area contributed by atoms with Crippen LogP contribution in [0.4, 0.5) is 10.8 Å². The maximum atomic E-state index is 12.4. The van der Waals surface area contributed by atoms with Crippen molar-refractivity contribution in [2.45, 2.75) is 11.3 Å². The summed E-state index contributed by atoms with van der Waals surface area (Å²) in [7, 11) is -2.25. The van der Waals surface area contributed by atoms with E-state index in [0.29, 0.717) is 17.1 Å². The van der Waals surface area contributed by atoms with Crippen LogP contribution in [0.15, 0.2) is 64.9 Å². The van der Waals surface area contributed by atoms with Crippen molar-refractivity contribution in [2.24, 2.45) is 0 Å². The Bertz CT molecular complexity index is 1020. The Morgan fingerprint density at radius 3 is 2.48 bits per heavy atom. The molecule has 7 nitrogen and oxygen atoms in total. The number of benzene rings is 2. The standard InChI is InChI=1S/C18H17N3O4S2/c1-25-15-7-9-16(10-8-15)27(23,24)21-18-20-14(12-26-18)11-17(22)19-13-5-3-2-4-6-13/h2-10,12H,11H2,1H3,(H,19,22)(H,20,21). The number of nitrogens with one attached hydrogen (secondary N) is 2. The molecule has 0 fully saturated rings. The minimum atomic E-state index is -3.76. The van der Waals surface area contributed by atoms with Gasteiger partial charge >= 0.3 is 0 Å². The van der Waals surface area contributed by atoms with Crippen LogP contribution in [0.25, 0.3) is 0 Å². The van der Waals surface area contributed by atoms with Crippen molar-refractivity contribution in [3.63, 3.8) is 0 Å². The van der Waals surface area contributed by atoms with Gasteiger partial charge in [0.15, 0.2) is 5.13 Å². The Labute approximate surface area is 161 Å². The highest BCUT2D eigenvalue weighted by Gasteiger charge is 2.17. The van der Waals surface area contributed by atoms with E-state index in [1.165, 1.54) is 19.2 Å². The summed E-state index contributed by atoms with van der Waals surface area (Å²) < 4.78 is 32.3. The first kappa shape index (κ1) is 18.9. The molecule has 0 aliphatic carbocycles. The smallest absolute Gasteiger partial charge is 0.263 e. The maximum absolute atomic E-state index is 12.4. The van der Waals surface area contributed by atoms with Gasteiger partial charge in [-0.3, -0.25) is 9.52 Å². The van der Waals surface area contributed by atoms with Gasteiger partial charge in [0.25, 0.3) is 10.0 Å². The molecule has 3 aromatic rings. The third-order valence-electron chi connectivity index (χ3n) is 3.54. The molecule has 0 atom stereocenters. The lowest BCUT2D eigenvalue weighted by Gasteiger charge is -2.06. The minimum Gasteiger partial charge on any atom is -0.497 e. The summed E-state index contributed by atoms with van der Waals surface area (Å²) in [4.78, 5) is 16.3. The van der Waals surface area contributed by atoms with E-state index in [1.54, 1.807) is 29.6 Å². The minimum absolute atomic E-state index is 0.0512. The number of para-hydroxylation sites is 1. The molecule has 0 saturated carbocycles. The molecular weight excluding hydrogens is 386 g/mol. The molecule has 0 bridgehead atoms. The molecule has 27 heavy (non-hydrogen) atoms. The van der Waals surface area contributed by atoms with Crippen LogP contribution in [0.5, 0.6) is 5.75 Å². The summed E-state index contributed by atoms with van der Waals surface area (Å²) in [6, 6.07) is 15.1. The zero-order chi connectivity index (χ0) is 19.3.